The number of imide groups is 1. The van der Waals surface area contributed by atoms with Gasteiger partial charge in [-0.1, -0.05) is 0 Å². The second kappa shape index (κ2) is 4.47. The van der Waals surface area contributed by atoms with Crippen LogP contribution in [0.3, 0.4) is 0 Å². The zero-order valence-electron chi connectivity index (χ0n) is 8.19. The topological polar surface area (TPSA) is 89.3 Å². The van der Waals surface area contributed by atoms with Crippen molar-refractivity contribution in [3.8, 4) is 0 Å². The molecule has 0 bridgehead atoms. The minimum absolute atomic E-state index is 0.116. The number of rotatable bonds is 3. The SMILES string of the molecule is Cc1cc([N+](=O)[O-])c(F)cc1C(=O)NC=O. The average molecular weight is 226 g/mol. The molecule has 0 heterocycles. The van der Waals surface area contributed by atoms with Gasteiger partial charge in [0, 0.05) is 11.6 Å². The zero-order chi connectivity index (χ0) is 12.3. The summed E-state index contributed by atoms with van der Waals surface area (Å²) in [5, 5.41) is 12.2. The molecule has 0 spiro atoms. The average Bonchev–Trinajstić information content (AvgIpc) is 2.20. The Morgan fingerprint density at radius 1 is 1.56 bits per heavy atom. The summed E-state index contributed by atoms with van der Waals surface area (Å²) in [5.74, 6) is -1.92. The van der Waals surface area contributed by atoms with Gasteiger partial charge in [0.2, 0.25) is 12.2 Å². The lowest BCUT2D eigenvalue weighted by Gasteiger charge is -2.03. The maximum atomic E-state index is 13.2. The standard InChI is InChI=1S/C9H7FN2O4/c1-5-2-8(12(15)16)7(10)3-6(5)9(14)11-4-13/h2-4H,1H3,(H,11,13,14). The molecule has 0 radical (unpaired) electrons. The number of hydrogen-bond donors (Lipinski definition) is 1. The number of aryl methyl sites for hydroxylation is 1. The minimum atomic E-state index is -1.12. The van der Waals surface area contributed by atoms with Crippen LogP contribution in [-0.4, -0.2) is 17.2 Å². The van der Waals surface area contributed by atoms with Crippen molar-refractivity contribution in [1.29, 1.82) is 0 Å². The second-order valence-corrected chi connectivity index (χ2v) is 2.97. The van der Waals surface area contributed by atoms with E-state index in [1.807, 2.05) is 5.32 Å². The summed E-state index contributed by atoms with van der Waals surface area (Å²) in [5.41, 5.74) is -0.609. The molecular weight excluding hydrogens is 219 g/mol. The van der Waals surface area contributed by atoms with Crippen LogP contribution in [0, 0.1) is 22.9 Å². The molecule has 1 aromatic carbocycles. The van der Waals surface area contributed by atoms with Crippen LogP contribution in [0.4, 0.5) is 10.1 Å². The molecular formula is C9H7FN2O4. The van der Waals surface area contributed by atoms with Crippen molar-refractivity contribution in [2.45, 2.75) is 6.92 Å². The monoisotopic (exact) mass is 226 g/mol. The summed E-state index contributed by atoms with van der Waals surface area (Å²) < 4.78 is 13.2. The van der Waals surface area contributed by atoms with Crippen LogP contribution in [0.2, 0.25) is 0 Å². The van der Waals surface area contributed by atoms with Gasteiger partial charge in [-0.15, -0.1) is 0 Å². The number of nitrogens with zero attached hydrogens (tertiary/aromatic N) is 1. The first-order valence-electron chi connectivity index (χ1n) is 4.16. The lowest BCUT2D eigenvalue weighted by molar-refractivity contribution is -0.387. The molecule has 1 aromatic rings. The van der Waals surface area contributed by atoms with Gasteiger partial charge in [-0.05, 0) is 18.6 Å². The third-order valence-corrected chi connectivity index (χ3v) is 1.93. The molecule has 7 heteroatoms. The summed E-state index contributed by atoms with van der Waals surface area (Å²) >= 11 is 0. The van der Waals surface area contributed by atoms with Gasteiger partial charge in [-0.25, -0.2) is 0 Å². The molecule has 1 N–H and O–H groups in total. The molecule has 0 atom stereocenters. The highest BCUT2D eigenvalue weighted by atomic mass is 19.1. The quantitative estimate of drug-likeness (QED) is 0.471. The number of nitro groups is 1. The summed E-state index contributed by atoms with van der Waals surface area (Å²) in [6, 6.07) is 1.67. The van der Waals surface area contributed by atoms with E-state index in [-0.39, 0.29) is 17.5 Å². The molecule has 0 fully saturated rings. The van der Waals surface area contributed by atoms with Crippen molar-refractivity contribution in [1.82, 2.24) is 5.32 Å². The number of hydrogen-bond acceptors (Lipinski definition) is 4. The Morgan fingerprint density at radius 2 is 2.19 bits per heavy atom. The van der Waals surface area contributed by atoms with Crippen LogP contribution in [0.5, 0.6) is 0 Å². The zero-order valence-corrected chi connectivity index (χ0v) is 8.19. The summed E-state index contributed by atoms with van der Waals surface area (Å²) in [6.07, 6.45) is 0.154. The predicted octanol–water partition coefficient (Wildman–Crippen LogP) is 0.929. The molecule has 0 aliphatic heterocycles. The Morgan fingerprint density at radius 3 is 2.69 bits per heavy atom. The highest BCUT2D eigenvalue weighted by Crippen LogP contribution is 2.21. The summed E-state index contributed by atoms with van der Waals surface area (Å²) in [4.78, 5) is 30.8. The molecule has 84 valence electrons. The fraction of sp³-hybridized carbons (Fsp3) is 0.111. The van der Waals surface area contributed by atoms with E-state index in [1.54, 1.807) is 0 Å². The molecule has 0 saturated carbocycles. The van der Waals surface area contributed by atoms with Crippen molar-refractivity contribution in [2.75, 3.05) is 0 Å². The Balaban J connectivity index is 3.25. The molecule has 0 aliphatic carbocycles. The number of benzene rings is 1. The normalized spacial score (nSPS) is 9.62. The Bertz CT molecular complexity index is 473. The van der Waals surface area contributed by atoms with E-state index < -0.39 is 22.3 Å². The van der Waals surface area contributed by atoms with Crippen LogP contribution in [-0.2, 0) is 4.79 Å². The summed E-state index contributed by atoms with van der Waals surface area (Å²) in [7, 11) is 0. The Hall–Kier alpha value is -2.31. The van der Waals surface area contributed by atoms with Crippen molar-refractivity contribution in [2.24, 2.45) is 0 Å². The minimum Gasteiger partial charge on any atom is -0.295 e. The van der Waals surface area contributed by atoms with Crippen LogP contribution in [0.15, 0.2) is 12.1 Å². The first kappa shape index (κ1) is 11.8. The molecule has 0 saturated heterocycles. The van der Waals surface area contributed by atoms with Crippen LogP contribution < -0.4 is 5.32 Å². The van der Waals surface area contributed by atoms with Crippen LogP contribution in [0.25, 0.3) is 0 Å². The maximum absolute atomic E-state index is 13.2. The molecule has 16 heavy (non-hydrogen) atoms. The third-order valence-electron chi connectivity index (χ3n) is 1.93. The maximum Gasteiger partial charge on any atom is 0.305 e. The van der Waals surface area contributed by atoms with E-state index >= 15 is 0 Å². The number of halogens is 1. The fourth-order valence-corrected chi connectivity index (χ4v) is 1.18. The molecule has 0 aromatic heterocycles. The van der Waals surface area contributed by atoms with E-state index in [9.17, 15) is 24.1 Å². The van der Waals surface area contributed by atoms with Crippen molar-refractivity contribution in [3.63, 3.8) is 0 Å². The molecule has 0 unspecified atom stereocenters. The van der Waals surface area contributed by atoms with E-state index in [1.165, 1.54) is 6.92 Å². The van der Waals surface area contributed by atoms with Gasteiger partial charge in [-0.2, -0.15) is 4.39 Å². The third kappa shape index (κ3) is 2.19. The second-order valence-electron chi connectivity index (χ2n) is 2.97. The number of carbonyl (C=O) groups excluding carboxylic acids is 2. The lowest BCUT2D eigenvalue weighted by atomic mass is 10.1. The van der Waals surface area contributed by atoms with Gasteiger partial charge in [-0.3, -0.25) is 25.0 Å². The highest BCUT2D eigenvalue weighted by molar-refractivity contribution is 6.01. The number of nitro benzene ring substituents is 1. The van der Waals surface area contributed by atoms with Crippen LogP contribution in [0.1, 0.15) is 15.9 Å². The molecule has 2 amide bonds. The first-order valence-corrected chi connectivity index (χ1v) is 4.16. The number of amides is 2. The van der Waals surface area contributed by atoms with E-state index in [0.717, 1.165) is 12.1 Å². The van der Waals surface area contributed by atoms with Gasteiger partial charge in [0.1, 0.15) is 0 Å². The molecule has 1 rings (SSSR count). The first-order chi connectivity index (χ1) is 7.47. The van der Waals surface area contributed by atoms with E-state index in [0.29, 0.717) is 0 Å². The molecule has 6 nitrogen and oxygen atoms in total. The van der Waals surface area contributed by atoms with Gasteiger partial charge in [0.15, 0.2) is 0 Å². The van der Waals surface area contributed by atoms with E-state index in [4.69, 9.17) is 0 Å². The fourth-order valence-electron chi connectivity index (χ4n) is 1.18. The summed E-state index contributed by atoms with van der Waals surface area (Å²) in [6.45, 7) is 1.41. The largest absolute Gasteiger partial charge is 0.305 e. The van der Waals surface area contributed by atoms with Gasteiger partial charge in [0.25, 0.3) is 5.91 Å². The lowest BCUT2D eigenvalue weighted by Crippen LogP contribution is -2.22. The van der Waals surface area contributed by atoms with Gasteiger partial charge >= 0.3 is 5.69 Å². The predicted molar refractivity (Wildman–Crippen MR) is 51.3 cm³/mol. The van der Waals surface area contributed by atoms with E-state index in [2.05, 4.69) is 0 Å². The Kier molecular flexibility index (Phi) is 3.29. The number of nitrogens with one attached hydrogen (secondary N) is 1. The molecule has 0 aliphatic rings. The van der Waals surface area contributed by atoms with Gasteiger partial charge < -0.3 is 0 Å². The number of carbonyl (C=O) groups is 2. The van der Waals surface area contributed by atoms with Gasteiger partial charge in [0.05, 0.1) is 4.92 Å². The smallest absolute Gasteiger partial charge is 0.295 e. The highest BCUT2D eigenvalue weighted by Gasteiger charge is 2.19. The van der Waals surface area contributed by atoms with Crippen molar-refractivity contribution >= 4 is 18.0 Å². The Labute approximate surface area is 89.2 Å². The van der Waals surface area contributed by atoms with Crippen molar-refractivity contribution in [3.05, 3.63) is 39.2 Å². The van der Waals surface area contributed by atoms with Crippen molar-refractivity contribution < 1.29 is 18.9 Å². The van der Waals surface area contributed by atoms with Crippen LogP contribution >= 0.6 is 0 Å².